The van der Waals surface area contributed by atoms with Gasteiger partial charge in [0.2, 0.25) is 0 Å². The highest BCUT2D eigenvalue weighted by Crippen LogP contribution is 2.24. The molecule has 0 spiro atoms. The highest BCUT2D eigenvalue weighted by atomic mass is 19.1. The van der Waals surface area contributed by atoms with Crippen LogP contribution in [0.3, 0.4) is 0 Å². The van der Waals surface area contributed by atoms with E-state index in [2.05, 4.69) is 5.32 Å². The Labute approximate surface area is 84.3 Å². The summed E-state index contributed by atoms with van der Waals surface area (Å²) < 4.78 is 13.5. The van der Waals surface area contributed by atoms with Crippen LogP contribution in [0.1, 0.15) is 37.3 Å². The first-order valence-corrected chi connectivity index (χ1v) is 5.36. The molecule has 14 heavy (non-hydrogen) atoms. The normalized spacial score (nSPS) is 23.1. The summed E-state index contributed by atoms with van der Waals surface area (Å²) in [5.41, 5.74) is 0.828. The molecule has 1 aromatic carbocycles. The average Bonchev–Trinajstić information content (AvgIpc) is 2.47. The summed E-state index contributed by atoms with van der Waals surface area (Å²) in [5.74, 6) is -0.0769. The van der Waals surface area contributed by atoms with Crippen molar-refractivity contribution in [3.8, 4) is 0 Å². The fourth-order valence-electron chi connectivity index (χ4n) is 2.05. The third kappa shape index (κ3) is 2.13. The second-order valence-corrected chi connectivity index (χ2v) is 3.88. The molecule has 0 radical (unpaired) electrons. The number of halogens is 1. The van der Waals surface area contributed by atoms with Crippen LogP contribution < -0.4 is 5.32 Å². The summed E-state index contributed by atoms with van der Waals surface area (Å²) in [6, 6.07) is 7.31. The maximum absolute atomic E-state index is 13.5. The van der Waals surface area contributed by atoms with E-state index in [-0.39, 0.29) is 11.9 Å². The molecule has 0 aliphatic carbocycles. The molecular weight excluding hydrogens is 177 g/mol. The standard InChI is InChI=1S/C12H16FN/c13-11-7-4-3-6-10(11)12-8-2-1-5-9-14-12/h3-4,6-7,12,14H,1-2,5,8-9H2/t12-/m0/s1. The zero-order valence-corrected chi connectivity index (χ0v) is 8.30. The van der Waals surface area contributed by atoms with Gasteiger partial charge >= 0.3 is 0 Å². The van der Waals surface area contributed by atoms with Crippen LogP contribution in [0, 0.1) is 5.82 Å². The van der Waals surface area contributed by atoms with Gasteiger partial charge in [-0.15, -0.1) is 0 Å². The van der Waals surface area contributed by atoms with Gasteiger partial charge in [-0.2, -0.15) is 0 Å². The van der Waals surface area contributed by atoms with Gasteiger partial charge < -0.3 is 5.32 Å². The summed E-state index contributed by atoms with van der Waals surface area (Å²) in [7, 11) is 0. The Kier molecular flexibility index (Phi) is 3.14. The minimum absolute atomic E-state index is 0.0769. The van der Waals surface area contributed by atoms with E-state index < -0.39 is 0 Å². The Morgan fingerprint density at radius 1 is 1.14 bits per heavy atom. The van der Waals surface area contributed by atoms with Gasteiger partial charge in [0, 0.05) is 11.6 Å². The molecule has 1 aliphatic heterocycles. The quantitative estimate of drug-likeness (QED) is 0.723. The van der Waals surface area contributed by atoms with E-state index in [1.54, 1.807) is 12.1 Å². The van der Waals surface area contributed by atoms with Gasteiger partial charge in [0.15, 0.2) is 0 Å². The zero-order valence-electron chi connectivity index (χ0n) is 8.30. The molecule has 0 unspecified atom stereocenters. The van der Waals surface area contributed by atoms with Crippen molar-refractivity contribution < 1.29 is 4.39 Å². The van der Waals surface area contributed by atoms with Gasteiger partial charge in [0.05, 0.1) is 0 Å². The Bertz CT molecular complexity index is 290. The molecule has 0 amide bonds. The third-order valence-corrected chi connectivity index (χ3v) is 2.84. The first kappa shape index (κ1) is 9.66. The molecule has 0 bridgehead atoms. The van der Waals surface area contributed by atoms with Crippen LogP contribution in [0.5, 0.6) is 0 Å². The van der Waals surface area contributed by atoms with Crippen molar-refractivity contribution in [1.82, 2.24) is 5.32 Å². The average molecular weight is 193 g/mol. The lowest BCUT2D eigenvalue weighted by Gasteiger charge is -2.16. The molecule has 76 valence electrons. The molecule has 1 heterocycles. The van der Waals surface area contributed by atoms with Crippen molar-refractivity contribution in [2.45, 2.75) is 31.7 Å². The van der Waals surface area contributed by atoms with Crippen LogP contribution in [0.2, 0.25) is 0 Å². The lowest BCUT2D eigenvalue weighted by atomic mass is 10.0. The van der Waals surface area contributed by atoms with Crippen molar-refractivity contribution in [3.63, 3.8) is 0 Å². The Morgan fingerprint density at radius 2 is 2.00 bits per heavy atom. The summed E-state index contributed by atoms with van der Waals surface area (Å²) in [4.78, 5) is 0. The van der Waals surface area contributed by atoms with E-state index >= 15 is 0 Å². The van der Waals surface area contributed by atoms with Crippen LogP contribution >= 0.6 is 0 Å². The first-order valence-electron chi connectivity index (χ1n) is 5.36. The van der Waals surface area contributed by atoms with Crippen LogP contribution in [0.4, 0.5) is 4.39 Å². The molecule has 1 aliphatic rings. The summed E-state index contributed by atoms with van der Waals surface area (Å²) in [6.45, 7) is 1.01. The first-order chi connectivity index (χ1) is 6.88. The predicted octanol–water partition coefficient (Wildman–Crippen LogP) is 3.03. The number of nitrogens with one attached hydrogen (secondary N) is 1. The molecule has 1 aromatic rings. The van der Waals surface area contributed by atoms with Crippen molar-refractivity contribution in [2.75, 3.05) is 6.54 Å². The minimum Gasteiger partial charge on any atom is -0.310 e. The highest BCUT2D eigenvalue weighted by molar-refractivity contribution is 5.21. The zero-order chi connectivity index (χ0) is 9.80. The fraction of sp³-hybridized carbons (Fsp3) is 0.500. The van der Waals surface area contributed by atoms with E-state index in [4.69, 9.17) is 0 Å². The second-order valence-electron chi connectivity index (χ2n) is 3.88. The van der Waals surface area contributed by atoms with Gasteiger partial charge in [0.1, 0.15) is 5.82 Å². The maximum Gasteiger partial charge on any atom is 0.127 e. The van der Waals surface area contributed by atoms with Gasteiger partial charge in [-0.3, -0.25) is 0 Å². The third-order valence-electron chi connectivity index (χ3n) is 2.84. The summed E-state index contributed by atoms with van der Waals surface area (Å²) in [6.07, 6.45) is 4.73. The van der Waals surface area contributed by atoms with Crippen LogP contribution in [0.15, 0.2) is 24.3 Å². The lowest BCUT2D eigenvalue weighted by molar-refractivity contribution is 0.499. The van der Waals surface area contributed by atoms with Crippen LogP contribution in [0.25, 0.3) is 0 Å². The lowest BCUT2D eigenvalue weighted by Crippen LogP contribution is -2.21. The van der Waals surface area contributed by atoms with Crippen molar-refractivity contribution >= 4 is 0 Å². The maximum atomic E-state index is 13.5. The predicted molar refractivity (Wildman–Crippen MR) is 55.6 cm³/mol. The number of rotatable bonds is 1. The molecule has 0 saturated carbocycles. The van der Waals surface area contributed by atoms with Crippen molar-refractivity contribution in [1.29, 1.82) is 0 Å². The Morgan fingerprint density at radius 3 is 2.86 bits per heavy atom. The topological polar surface area (TPSA) is 12.0 Å². The van der Waals surface area contributed by atoms with Crippen LogP contribution in [-0.2, 0) is 0 Å². The SMILES string of the molecule is Fc1ccccc1[C@@H]1CCCCCN1. The second kappa shape index (κ2) is 4.56. The molecule has 1 atom stereocenters. The number of benzene rings is 1. The van der Waals surface area contributed by atoms with Crippen LogP contribution in [-0.4, -0.2) is 6.54 Å². The molecule has 1 fully saturated rings. The molecule has 1 nitrogen and oxygen atoms in total. The van der Waals surface area contributed by atoms with Crippen molar-refractivity contribution in [2.24, 2.45) is 0 Å². The van der Waals surface area contributed by atoms with E-state index in [0.29, 0.717) is 0 Å². The molecule has 2 rings (SSSR count). The van der Waals surface area contributed by atoms with E-state index in [0.717, 1.165) is 18.5 Å². The number of hydrogen-bond donors (Lipinski definition) is 1. The molecule has 0 aromatic heterocycles. The highest BCUT2D eigenvalue weighted by Gasteiger charge is 2.16. The molecule has 1 saturated heterocycles. The fourth-order valence-corrected chi connectivity index (χ4v) is 2.05. The molecular formula is C12H16FN. The number of hydrogen-bond acceptors (Lipinski definition) is 1. The van der Waals surface area contributed by atoms with E-state index in [9.17, 15) is 4.39 Å². The van der Waals surface area contributed by atoms with Crippen molar-refractivity contribution in [3.05, 3.63) is 35.6 Å². The molecule has 1 N–H and O–H groups in total. The molecule has 2 heteroatoms. The van der Waals surface area contributed by atoms with Gasteiger partial charge in [0.25, 0.3) is 0 Å². The summed E-state index contributed by atoms with van der Waals surface area (Å²) >= 11 is 0. The van der Waals surface area contributed by atoms with Gasteiger partial charge in [-0.05, 0) is 25.5 Å². The minimum atomic E-state index is -0.0769. The monoisotopic (exact) mass is 193 g/mol. The largest absolute Gasteiger partial charge is 0.310 e. The Hall–Kier alpha value is -0.890. The van der Waals surface area contributed by atoms with Gasteiger partial charge in [-0.1, -0.05) is 31.0 Å². The summed E-state index contributed by atoms with van der Waals surface area (Å²) in [5, 5.41) is 3.40. The Balaban J connectivity index is 2.16. The van der Waals surface area contributed by atoms with E-state index in [1.807, 2.05) is 12.1 Å². The van der Waals surface area contributed by atoms with Gasteiger partial charge in [-0.25, -0.2) is 4.39 Å². The van der Waals surface area contributed by atoms with E-state index in [1.165, 1.54) is 19.3 Å². The smallest absolute Gasteiger partial charge is 0.127 e.